The van der Waals surface area contributed by atoms with E-state index in [1.807, 2.05) is 36.8 Å². The molecule has 0 radical (unpaired) electrons. The Balaban J connectivity index is 1.24. The van der Waals surface area contributed by atoms with Crippen molar-refractivity contribution in [2.75, 3.05) is 31.1 Å². The van der Waals surface area contributed by atoms with Gasteiger partial charge in [-0.1, -0.05) is 12.1 Å². The molecule has 0 N–H and O–H groups in total. The minimum Gasteiger partial charge on any atom is -0.423 e. The summed E-state index contributed by atoms with van der Waals surface area (Å²) in [4.78, 5) is 13.4. The van der Waals surface area contributed by atoms with Crippen LogP contribution in [0.5, 0.6) is 0 Å². The molecule has 8 heteroatoms. The van der Waals surface area contributed by atoms with Crippen LogP contribution in [-0.4, -0.2) is 45.6 Å². The summed E-state index contributed by atoms with van der Waals surface area (Å²) in [6, 6.07) is 14.9. The van der Waals surface area contributed by atoms with Gasteiger partial charge in [-0.05, 0) is 36.8 Å². The van der Waals surface area contributed by atoms with Gasteiger partial charge in [0.15, 0.2) is 5.58 Å². The van der Waals surface area contributed by atoms with Crippen LogP contribution in [0.3, 0.4) is 0 Å². The molecule has 0 aliphatic carbocycles. The maximum Gasteiger partial charge on any atom is 0.298 e. The van der Waals surface area contributed by atoms with Crippen LogP contribution in [0.1, 0.15) is 29.8 Å². The van der Waals surface area contributed by atoms with Crippen LogP contribution in [0.15, 0.2) is 59.4 Å². The fourth-order valence-electron chi connectivity index (χ4n) is 4.15. The number of hydrogen-bond acceptors (Lipinski definition) is 6. The highest BCUT2D eigenvalue weighted by Gasteiger charge is 2.23. The van der Waals surface area contributed by atoms with Crippen LogP contribution in [0, 0.1) is 17.1 Å². The number of benzene rings is 2. The molecule has 32 heavy (non-hydrogen) atoms. The van der Waals surface area contributed by atoms with Crippen molar-refractivity contribution in [1.29, 1.82) is 5.26 Å². The topological polar surface area (TPSA) is 74.1 Å². The first-order chi connectivity index (χ1) is 15.6. The summed E-state index contributed by atoms with van der Waals surface area (Å²) >= 11 is 0. The second kappa shape index (κ2) is 8.44. The van der Waals surface area contributed by atoms with Crippen LogP contribution in [-0.2, 0) is 6.54 Å². The predicted octanol–water partition coefficient (Wildman–Crippen LogP) is 3.97. The third kappa shape index (κ3) is 3.95. The lowest BCUT2D eigenvalue weighted by molar-refractivity contribution is 0.239. The molecule has 7 nitrogen and oxygen atoms in total. The molecule has 1 aliphatic rings. The smallest absolute Gasteiger partial charge is 0.298 e. The Morgan fingerprint density at radius 3 is 2.66 bits per heavy atom. The molecular formula is C24H23FN6O. The number of anilines is 1. The molecular weight excluding hydrogens is 407 g/mol. The molecule has 1 fully saturated rings. The zero-order valence-corrected chi connectivity index (χ0v) is 17.8. The van der Waals surface area contributed by atoms with Gasteiger partial charge in [-0.15, -0.1) is 0 Å². The van der Waals surface area contributed by atoms with E-state index in [1.54, 1.807) is 6.07 Å². The van der Waals surface area contributed by atoms with Gasteiger partial charge < -0.3 is 13.9 Å². The predicted molar refractivity (Wildman–Crippen MR) is 119 cm³/mol. The average Bonchev–Trinajstić information content (AvgIpc) is 3.46. The normalized spacial score (nSPS) is 15.7. The molecule has 0 amide bonds. The van der Waals surface area contributed by atoms with Crippen molar-refractivity contribution in [3.8, 4) is 6.07 Å². The van der Waals surface area contributed by atoms with Crippen LogP contribution >= 0.6 is 0 Å². The molecule has 3 heterocycles. The van der Waals surface area contributed by atoms with Gasteiger partial charge in [-0.25, -0.2) is 9.37 Å². The highest BCUT2D eigenvalue weighted by molar-refractivity contribution is 5.74. The monoisotopic (exact) mass is 430 g/mol. The van der Waals surface area contributed by atoms with Crippen LogP contribution < -0.4 is 4.90 Å². The lowest BCUT2D eigenvalue weighted by atomic mass is 10.1. The fourth-order valence-corrected chi connectivity index (χ4v) is 4.15. The number of piperazine rings is 1. The summed E-state index contributed by atoms with van der Waals surface area (Å²) in [6.45, 7) is 6.24. The molecule has 162 valence electrons. The molecule has 5 rings (SSSR count). The van der Waals surface area contributed by atoms with Crippen LogP contribution in [0.4, 0.5) is 10.4 Å². The van der Waals surface area contributed by atoms with E-state index in [1.165, 1.54) is 12.1 Å². The van der Waals surface area contributed by atoms with E-state index < -0.39 is 0 Å². The molecule has 0 spiro atoms. The largest absolute Gasteiger partial charge is 0.423 e. The van der Waals surface area contributed by atoms with Crippen molar-refractivity contribution >= 4 is 17.1 Å². The van der Waals surface area contributed by atoms with Crippen molar-refractivity contribution < 1.29 is 8.81 Å². The van der Waals surface area contributed by atoms with E-state index in [9.17, 15) is 4.39 Å². The summed E-state index contributed by atoms with van der Waals surface area (Å²) in [7, 11) is 0. The summed E-state index contributed by atoms with van der Waals surface area (Å²) < 4.78 is 21.4. The third-order valence-corrected chi connectivity index (χ3v) is 6.05. The number of oxazole rings is 1. The number of nitriles is 1. The summed E-state index contributed by atoms with van der Waals surface area (Å²) in [5.41, 5.74) is 4.09. The van der Waals surface area contributed by atoms with E-state index >= 15 is 0 Å². The highest BCUT2D eigenvalue weighted by atomic mass is 19.1. The molecule has 0 bridgehead atoms. The van der Waals surface area contributed by atoms with Crippen LogP contribution in [0.25, 0.3) is 11.1 Å². The maximum absolute atomic E-state index is 13.4. The van der Waals surface area contributed by atoms with Gasteiger partial charge in [0.2, 0.25) is 0 Å². The maximum atomic E-state index is 13.4. The van der Waals surface area contributed by atoms with E-state index in [-0.39, 0.29) is 11.9 Å². The van der Waals surface area contributed by atoms with Crippen molar-refractivity contribution in [3.63, 3.8) is 0 Å². The van der Waals surface area contributed by atoms with Gasteiger partial charge in [0.25, 0.3) is 6.01 Å². The number of halogens is 1. The number of aromatic nitrogens is 3. The number of fused-ring (bicyclic) bond motifs is 1. The molecule has 2 aromatic carbocycles. The zero-order chi connectivity index (χ0) is 22.1. The Labute approximate surface area is 185 Å². The van der Waals surface area contributed by atoms with Gasteiger partial charge in [0.1, 0.15) is 11.3 Å². The number of nitrogens with zero attached hydrogens (tertiary/aromatic N) is 6. The highest BCUT2D eigenvalue weighted by Crippen LogP contribution is 2.25. The minimum absolute atomic E-state index is 0.127. The average molecular weight is 430 g/mol. The number of hydrogen-bond donors (Lipinski definition) is 0. The molecule has 1 saturated heterocycles. The first-order valence-electron chi connectivity index (χ1n) is 10.6. The molecule has 1 aliphatic heterocycles. The Morgan fingerprint density at radius 2 is 1.91 bits per heavy atom. The van der Waals surface area contributed by atoms with Crippen molar-refractivity contribution in [2.24, 2.45) is 0 Å². The van der Waals surface area contributed by atoms with Gasteiger partial charge in [0.05, 0.1) is 29.7 Å². The second-order valence-electron chi connectivity index (χ2n) is 8.07. The van der Waals surface area contributed by atoms with Gasteiger partial charge in [-0.3, -0.25) is 4.90 Å². The SMILES string of the molecule is CC(c1ccc(C#N)cc1)n1cncc1CN1CCN(c2nc3ccc(F)cc3o2)CC1. The fraction of sp³-hybridized carbons (Fsp3) is 0.292. The summed E-state index contributed by atoms with van der Waals surface area (Å²) in [5, 5.41) is 9.02. The Bertz CT molecular complexity index is 1260. The number of imidazole rings is 1. The van der Waals surface area contributed by atoms with E-state index in [0.717, 1.165) is 44.0 Å². The first kappa shape index (κ1) is 20.2. The molecule has 0 saturated carbocycles. The lowest BCUT2D eigenvalue weighted by Gasteiger charge is -2.34. The summed E-state index contributed by atoms with van der Waals surface area (Å²) in [6.07, 6.45) is 3.79. The van der Waals surface area contributed by atoms with E-state index in [0.29, 0.717) is 22.7 Å². The zero-order valence-electron chi connectivity index (χ0n) is 17.8. The van der Waals surface area contributed by atoms with Crippen molar-refractivity contribution in [1.82, 2.24) is 19.4 Å². The van der Waals surface area contributed by atoms with Gasteiger partial charge >= 0.3 is 0 Å². The lowest BCUT2D eigenvalue weighted by Crippen LogP contribution is -2.46. The van der Waals surface area contributed by atoms with E-state index in [4.69, 9.17) is 9.68 Å². The van der Waals surface area contributed by atoms with Gasteiger partial charge in [-0.2, -0.15) is 10.2 Å². The standard InChI is InChI=1S/C24H23FN6O/c1-17(19-4-2-18(13-26)3-5-19)31-16-27-14-21(31)15-29-8-10-30(11-9-29)24-28-22-7-6-20(25)12-23(22)32-24/h2-7,12,14,16-17H,8-11,15H2,1H3. The quantitative estimate of drug-likeness (QED) is 0.477. The molecule has 2 aromatic heterocycles. The number of rotatable bonds is 5. The minimum atomic E-state index is -0.322. The first-order valence-corrected chi connectivity index (χ1v) is 10.6. The van der Waals surface area contributed by atoms with Crippen molar-refractivity contribution in [2.45, 2.75) is 19.5 Å². The van der Waals surface area contributed by atoms with Crippen LogP contribution in [0.2, 0.25) is 0 Å². The second-order valence-corrected chi connectivity index (χ2v) is 8.07. The van der Waals surface area contributed by atoms with Crippen molar-refractivity contribution in [3.05, 3.63) is 77.6 Å². The van der Waals surface area contributed by atoms with E-state index in [2.05, 4.69) is 37.3 Å². The Hall–Kier alpha value is -3.70. The molecule has 1 unspecified atom stereocenters. The molecule has 1 atom stereocenters. The third-order valence-electron chi connectivity index (χ3n) is 6.05. The van der Waals surface area contributed by atoms with Gasteiger partial charge in [0, 0.05) is 45.0 Å². The molecule has 4 aromatic rings. The Morgan fingerprint density at radius 1 is 1.12 bits per heavy atom. The Kier molecular flexibility index (Phi) is 5.33. The summed E-state index contributed by atoms with van der Waals surface area (Å²) in [5.74, 6) is -0.322.